The van der Waals surface area contributed by atoms with E-state index in [2.05, 4.69) is 4.99 Å². The molecule has 4 nitrogen and oxygen atoms in total. The summed E-state index contributed by atoms with van der Waals surface area (Å²) in [6.45, 7) is 1.91. The molecule has 1 atom stereocenters. The highest BCUT2D eigenvalue weighted by atomic mass is 32.2. The fourth-order valence-electron chi connectivity index (χ4n) is 2.68. The van der Waals surface area contributed by atoms with Gasteiger partial charge in [0.1, 0.15) is 4.38 Å². The van der Waals surface area contributed by atoms with Crippen molar-refractivity contribution >= 4 is 39.7 Å². The second kappa shape index (κ2) is 10.3. The van der Waals surface area contributed by atoms with Crippen molar-refractivity contribution in [2.45, 2.75) is 18.9 Å². The molecule has 0 bridgehead atoms. The van der Waals surface area contributed by atoms with Gasteiger partial charge in [0.25, 0.3) is 0 Å². The van der Waals surface area contributed by atoms with Gasteiger partial charge in [0.15, 0.2) is 0 Å². The van der Waals surface area contributed by atoms with Crippen LogP contribution in [-0.2, 0) is 16.0 Å². The predicted octanol–water partition coefficient (Wildman–Crippen LogP) is 4.50. The summed E-state index contributed by atoms with van der Waals surface area (Å²) in [6.07, 6.45) is 3.90. The number of Topliss-reactive ketones (excluding diaryl/α,β-unsaturated/α-hetero) is 1. The minimum absolute atomic E-state index is 0.144. The molecule has 2 aromatic carbocycles. The molecule has 0 aliphatic heterocycles. The zero-order valence-electron chi connectivity index (χ0n) is 15.7. The molecular weight excluding hydrogens is 378 g/mol. The van der Waals surface area contributed by atoms with Gasteiger partial charge >= 0.3 is 5.97 Å². The van der Waals surface area contributed by atoms with Gasteiger partial charge in [-0.05, 0) is 25.0 Å². The topological polar surface area (TPSA) is 55.7 Å². The summed E-state index contributed by atoms with van der Waals surface area (Å²) in [4.78, 5) is 31.3. The maximum Gasteiger partial charge on any atom is 0.342 e. The van der Waals surface area contributed by atoms with Crippen LogP contribution in [-0.4, -0.2) is 40.8 Å². The van der Waals surface area contributed by atoms with Crippen LogP contribution < -0.4 is 0 Å². The molecule has 0 aliphatic rings. The molecule has 0 spiro atoms. The third-order valence-corrected chi connectivity index (χ3v) is 5.84. The number of hydrogen-bond acceptors (Lipinski definition) is 6. The second-order valence-corrected chi connectivity index (χ2v) is 7.57. The van der Waals surface area contributed by atoms with E-state index >= 15 is 0 Å². The van der Waals surface area contributed by atoms with E-state index in [4.69, 9.17) is 4.74 Å². The van der Waals surface area contributed by atoms with E-state index in [1.54, 1.807) is 31.2 Å². The Hall–Kier alpha value is -2.05. The Kier molecular flexibility index (Phi) is 8.13. The number of thioether (sulfide) groups is 2. The Morgan fingerprint density at radius 1 is 0.963 bits per heavy atom. The Labute approximate surface area is 168 Å². The normalized spacial score (nSPS) is 12.7. The Morgan fingerprint density at radius 3 is 2.04 bits per heavy atom. The van der Waals surface area contributed by atoms with Crippen molar-refractivity contribution in [2.24, 2.45) is 4.99 Å². The molecule has 0 saturated heterocycles. The highest BCUT2D eigenvalue weighted by Gasteiger charge is 2.48. The van der Waals surface area contributed by atoms with Crippen molar-refractivity contribution in [1.29, 1.82) is 0 Å². The zero-order chi connectivity index (χ0) is 19.7. The smallest absolute Gasteiger partial charge is 0.342 e. The quantitative estimate of drug-likeness (QED) is 0.225. The van der Waals surface area contributed by atoms with Gasteiger partial charge in [0, 0.05) is 12.0 Å². The fraction of sp³-hybridized carbons (Fsp3) is 0.286. The molecule has 2 rings (SSSR count). The highest BCUT2D eigenvalue weighted by molar-refractivity contribution is 8.38. The van der Waals surface area contributed by atoms with Gasteiger partial charge in [0.05, 0.1) is 6.61 Å². The fourth-order valence-corrected chi connectivity index (χ4v) is 3.84. The summed E-state index contributed by atoms with van der Waals surface area (Å²) in [7, 11) is 0. The molecule has 0 aliphatic carbocycles. The first-order valence-corrected chi connectivity index (χ1v) is 11.0. The monoisotopic (exact) mass is 401 g/mol. The van der Waals surface area contributed by atoms with Gasteiger partial charge < -0.3 is 4.74 Å². The number of carbonyl (C=O) groups excluding carboxylic acids is 2. The number of rotatable bonds is 7. The number of esters is 1. The lowest BCUT2D eigenvalue weighted by Gasteiger charge is -2.27. The van der Waals surface area contributed by atoms with Crippen molar-refractivity contribution in [1.82, 2.24) is 0 Å². The number of carbonyl (C=O) groups is 2. The summed E-state index contributed by atoms with van der Waals surface area (Å²) < 4.78 is 5.98. The molecule has 142 valence electrons. The van der Waals surface area contributed by atoms with Gasteiger partial charge in [-0.2, -0.15) is 0 Å². The molecule has 0 amide bonds. The van der Waals surface area contributed by atoms with Crippen LogP contribution in [0.1, 0.15) is 22.8 Å². The van der Waals surface area contributed by atoms with Crippen LogP contribution in [0, 0.1) is 0 Å². The molecule has 0 radical (unpaired) electrons. The molecule has 6 heteroatoms. The molecule has 0 saturated carbocycles. The summed E-state index contributed by atoms with van der Waals surface area (Å²) in [5.74, 6) is -0.977. The van der Waals surface area contributed by atoms with E-state index in [-0.39, 0.29) is 18.8 Å². The van der Waals surface area contributed by atoms with E-state index in [9.17, 15) is 9.59 Å². The average Bonchev–Trinajstić information content (AvgIpc) is 2.72. The largest absolute Gasteiger partial charge is 0.464 e. The summed E-state index contributed by atoms with van der Waals surface area (Å²) in [6, 6.07) is 18.2. The molecule has 0 heterocycles. The van der Waals surface area contributed by atoms with Crippen LogP contribution in [0.3, 0.4) is 0 Å². The van der Waals surface area contributed by atoms with Gasteiger partial charge in [-0.15, -0.1) is 23.5 Å². The van der Waals surface area contributed by atoms with Crippen molar-refractivity contribution in [2.75, 3.05) is 19.1 Å². The Bertz CT molecular complexity index is 788. The van der Waals surface area contributed by atoms with Crippen LogP contribution in [0.25, 0.3) is 0 Å². The molecule has 0 N–H and O–H groups in total. The van der Waals surface area contributed by atoms with E-state index < -0.39 is 11.5 Å². The van der Waals surface area contributed by atoms with Gasteiger partial charge in [-0.1, -0.05) is 60.7 Å². The maximum atomic E-state index is 13.5. The number of ketones is 1. The molecule has 1 unspecified atom stereocenters. The van der Waals surface area contributed by atoms with Crippen LogP contribution >= 0.6 is 23.5 Å². The van der Waals surface area contributed by atoms with Crippen molar-refractivity contribution in [3.8, 4) is 0 Å². The third-order valence-electron chi connectivity index (χ3n) is 3.96. The van der Waals surface area contributed by atoms with Crippen LogP contribution in [0.15, 0.2) is 65.7 Å². The summed E-state index contributed by atoms with van der Waals surface area (Å²) >= 11 is 2.82. The SMILES string of the molecule is CCOC(=O)C(Cc1ccccc1)(N=C(SC)SC)C(=O)c1ccccc1. The summed E-state index contributed by atoms with van der Waals surface area (Å²) in [5.41, 5.74) is -0.369. The Balaban J connectivity index is 2.65. The number of hydrogen-bond donors (Lipinski definition) is 0. The second-order valence-electron chi connectivity index (χ2n) is 5.72. The van der Waals surface area contributed by atoms with E-state index in [1.807, 2.05) is 48.9 Å². The van der Waals surface area contributed by atoms with E-state index in [1.165, 1.54) is 23.5 Å². The molecular formula is C21H23NO3S2. The lowest BCUT2D eigenvalue weighted by molar-refractivity contribution is -0.147. The lowest BCUT2D eigenvalue weighted by Crippen LogP contribution is -2.48. The van der Waals surface area contributed by atoms with Crippen LogP contribution in [0.2, 0.25) is 0 Å². The highest BCUT2D eigenvalue weighted by Crippen LogP contribution is 2.29. The van der Waals surface area contributed by atoms with Crippen molar-refractivity contribution < 1.29 is 14.3 Å². The predicted molar refractivity (Wildman–Crippen MR) is 115 cm³/mol. The van der Waals surface area contributed by atoms with Crippen LogP contribution in [0.4, 0.5) is 0 Å². The Morgan fingerprint density at radius 2 is 1.52 bits per heavy atom. The standard InChI is InChI=1S/C21H23NO3S2/c1-4-25-19(24)21(22-20(26-2)27-3,15-16-11-7-5-8-12-16)18(23)17-13-9-6-10-14-17/h5-14H,4,15H2,1-3H3. The van der Waals surface area contributed by atoms with Gasteiger partial charge in [0.2, 0.25) is 11.3 Å². The van der Waals surface area contributed by atoms with Crippen LogP contribution in [0.5, 0.6) is 0 Å². The van der Waals surface area contributed by atoms with Crippen molar-refractivity contribution in [3.63, 3.8) is 0 Å². The molecule has 27 heavy (non-hydrogen) atoms. The summed E-state index contributed by atoms with van der Waals surface area (Å²) in [5, 5.41) is 0. The molecule has 0 fully saturated rings. The minimum atomic E-state index is -1.65. The average molecular weight is 402 g/mol. The van der Waals surface area contributed by atoms with E-state index in [0.717, 1.165) is 5.56 Å². The zero-order valence-corrected chi connectivity index (χ0v) is 17.3. The van der Waals surface area contributed by atoms with Gasteiger partial charge in [-0.25, -0.2) is 9.79 Å². The number of aliphatic imine (C=N–C) groups is 1. The van der Waals surface area contributed by atoms with Gasteiger partial charge in [-0.3, -0.25) is 4.79 Å². The first-order chi connectivity index (χ1) is 13.1. The minimum Gasteiger partial charge on any atom is -0.464 e. The molecule has 2 aromatic rings. The third kappa shape index (κ3) is 5.23. The molecule has 0 aromatic heterocycles. The number of benzene rings is 2. The van der Waals surface area contributed by atoms with E-state index in [0.29, 0.717) is 9.94 Å². The maximum absolute atomic E-state index is 13.5. The first-order valence-electron chi connectivity index (χ1n) is 8.56. The number of ether oxygens (including phenoxy) is 1. The first kappa shape index (κ1) is 21.3. The lowest BCUT2D eigenvalue weighted by atomic mass is 9.84. The number of nitrogens with zero attached hydrogens (tertiary/aromatic N) is 1. The van der Waals surface area contributed by atoms with Crippen molar-refractivity contribution in [3.05, 3.63) is 71.8 Å².